The van der Waals surface area contributed by atoms with E-state index in [1.165, 1.54) is 5.56 Å². The molecule has 0 aromatic heterocycles. The summed E-state index contributed by atoms with van der Waals surface area (Å²) < 4.78 is 12.3. The van der Waals surface area contributed by atoms with Gasteiger partial charge in [-0.3, -0.25) is 10.1 Å². The number of rotatable bonds is 11. The van der Waals surface area contributed by atoms with E-state index >= 15 is 0 Å². The van der Waals surface area contributed by atoms with Crippen molar-refractivity contribution in [3.63, 3.8) is 0 Å². The summed E-state index contributed by atoms with van der Waals surface area (Å²) >= 11 is 8.79. The van der Waals surface area contributed by atoms with Crippen molar-refractivity contribution in [1.29, 1.82) is 0 Å². The zero-order valence-corrected chi connectivity index (χ0v) is 21.6. The number of carbonyl (C=O) groups excluding carboxylic acids is 1. The number of nitrogens with one attached hydrogen (secondary N) is 2. The number of unbranched alkanes of at least 4 members (excludes halogenated alkanes) is 1. The Hall–Kier alpha value is -2.90. The maximum absolute atomic E-state index is 12.6. The fourth-order valence-electron chi connectivity index (χ4n) is 3.20. The summed E-state index contributed by atoms with van der Waals surface area (Å²) in [5.74, 6) is 1.16. The minimum absolute atomic E-state index is 0.214. The van der Waals surface area contributed by atoms with Crippen LogP contribution in [0.2, 0.25) is 0 Å². The Labute approximate surface area is 215 Å². The molecule has 3 aromatic carbocycles. The first kappa shape index (κ1) is 25.7. The molecule has 178 valence electrons. The van der Waals surface area contributed by atoms with Crippen LogP contribution in [0, 0.1) is 0 Å². The molecule has 5 nitrogen and oxygen atoms in total. The van der Waals surface area contributed by atoms with E-state index in [0.717, 1.165) is 41.6 Å². The molecule has 0 aliphatic heterocycles. The molecular formula is C27H29BrN2O3S. The predicted octanol–water partition coefficient (Wildman–Crippen LogP) is 6.77. The number of thiocarbonyl (C=S) groups is 1. The smallest absolute Gasteiger partial charge is 0.257 e. The zero-order chi connectivity index (χ0) is 24.2. The van der Waals surface area contributed by atoms with Gasteiger partial charge in [-0.1, -0.05) is 49.7 Å². The van der Waals surface area contributed by atoms with E-state index in [0.29, 0.717) is 24.5 Å². The maximum Gasteiger partial charge on any atom is 0.257 e. The van der Waals surface area contributed by atoms with Crippen LogP contribution < -0.4 is 20.1 Å². The molecule has 0 fully saturated rings. The molecule has 3 aromatic rings. The third-order valence-corrected chi connectivity index (χ3v) is 5.81. The minimum Gasteiger partial charge on any atom is -0.494 e. The first-order valence-corrected chi connectivity index (χ1v) is 12.6. The molecule has 34 heavy (non-hydrogen) atoms. The van der Waals surface area contributed by atoms with Gasteiger partial charge in [-0.2, -0.15) is 0 Å². The largest absolute Gasteiger partial charge is 0.494 e. The molecule has 0 atom stereocenters. The van der Waals surface area contributed by atoms with E-state index in [1.54, 1.807) is 18.2 Å². The van der Waals surface area contributed by atoms with E-state index in [9.17, 15) is 4.79 Å². The molecule has 0 heterocycles. The zero-order valence-electron chi connectivity index (χ0n) is 19.2. The van der Waals surface area contributed by atoms with Gasteiger partial charge in [-0.15, -0.1) is 0 Å². The van der Waals surface area contributed by atoms with Crippen molar-refractivity contribution >= 4 is 44.9 Å². The van der Waals surface area contributed by atoms with Crippen LogP contribution in [0.5, 0.6) is 11.5 Å². The number of hydrogen-bond donors (Lipinski definition) is 2. The molecule has 0 saturated heterocycles. The SMILES string of the molecule is CCCCOc1ccc(C(=O)NC(=S)Nc2cccc(OCCCc3ccccc3)c2)cc1Br. The molecule has 0 saturated carbocycles. The summed E-state index contributed by atoms with van der Waals surface area (Å²) in [7, 11) is 0. The highest BCUT2D eigenvalue weighted by Gasteiger charge is 2.11. The third-order valence-electron chi connectivity index (χ3n) is 4.99. The van der Waals surface area contributed by atoms with Crippen LogP contribution >= 0.6 is 28.1 Å². The van der Waals surface area contributed by atoms with Crippen LogP contribution in [0.15, 0.2) is 77.3 Å². The van der Waals surface area contributed by atoms with Crippen molar-refractivity contribution < 1.29 is 14.3 Å². The van der Waals surface area contributed by atoms with Crippen molar-refractivity contribution in [3.8, 4) is 11.5 Å². The number of amides is 1. The van der Waals surface area contributed by atoms with E-state index in [2.05, 4.69) is 45.6 Å². The summed E-state index contributed by atoms with van der Waals surface area (Å²) in [6, 6.07) is 23.1. The van der Waals surface area contributed by atoms with E-state index in [-0.39, 0.29) is 11.0 Å². The molecule has 7 heteroatoms. The minimum atomic E-state index is -0.299. The Kier molecular flexibility index (Phi) is 10.4. The Morgan fingerprint density at radius 1 is 0.941 bits per heavy atom. The highest BCUT2D eigenvalue weighted by Crippen LogP contribution is 2.26. The van der Waals surface area contributed by atoms with Gasteiger partial charge in [-0.05, 0) is 83.3 Å². The molecular weight excluding hydrogens is 512 g/mol. The normalized spacial score (nSPS) is 10.4. The number of aryl methyl sites for hydroxylation is 1. The lowest BCUT2D eigenvalue weighted by Gasteiger charge is -2.12. The van der Waals surface area contributed by atoms with Gasteiger partial charge >= 0.3 is 0 Å². The van der Waals surface area contributed by atoms with E-state index in [1.807, 2.05) is 42.5 Å². The lowest BCUT2D eigenvalue weighted by Crippen LogP contribution is -2.34. The summed E-state index contributed by atoms with van der Waals surface area (Å²) in [6.45, 7) is 3.37. The van der Waals surface area contributed by atoms with Crippen molar-refractivity contribution in [2.75, 3.05) is 18.5 Å². The molecule has 3 rings (SSSR count). The summed E-state index contributed by atoms with van der Waals surface area (Å²) in [6.07, 6.45) is 3.94. The van der Waals surface area contributed by atoms with E-state index < -0.39 is 0 Å². The Balaban J connectivity index is 1.46. The van der Waals surface area contributed by atoms with Gasteiger partial charge in [0.15, 0.2) is 5.11 Å². The number of benzene rings is 3. The topological polar surface area (TPSA) is 59.6 Å². The van der Waals surface area contributed by atoms with Crippen LogP contribution in [-0.4, -0.2) is 24.2 Å². The lowest BCUT2D eigenvalue weighted by molar-refractivity contribution is 0.0977. The van der Waals surface area contributed by atoms with E-state index in [4.69, 9.17) is 21.7 Å². The number of halogens is 1. The molecule has 2 N–H and O–H groups in total. The molecule has 0 aliphatic carbocycles. The molecule has 0 aliphatic rings. The van der Waals surface area contributed by atoms with Crippen molar-refractivity contribution in [3.05, 3.63) is 88.4 Å². The van der Waals surface area contributed by atoms with Gasteiger partial charge in [-0.25, -0.2) is 0 Å². The van der Waals surface area contributed by atoms with Crippen LogP contribution in [0.1, 0.15) is 42.1 Å². The highest BCUT2D eigenvalue weighted by molar-refractivity contribution is 9.10. The van der Waals surface area contributed by atoms with Crippen LogP contribution in [0.3, 0.4) is 0 Å². The Morgan fingerprint density at radius 2 is 1.74 bits per heavy atom. The second kappa shape index (κ2) is 13.7. The molecule has 0 radical (unpaired) electrons. The first-order valence-electron chi connectivity index (χ1n) is 11.4. The molecule has 0 spiro atoms. The van der Waals surface area contributed by atoms with Gasteiger partial charge in [0.25, 0.3) is 5.91 Å². The monoisotopic (exact) mass is 540 g/mol. The van der Waals surface area contributed by atoms with Crippen molar-refractivity contribution in [2.24, 2.45) is 0 Å². The fourth-order valence-corrected chi connectivity index (χ4v) is 3.90. The quantitative estimate of drug-likeness (QED) is 0.207. The molecule has 0 bridgehead atoms. The van der Waals surface area contributed by atoms with Crippen LogP contribution in [-0.2, 0) is 6.42 Å². The van der Waals surface area contributed by atoms with Gasteiger partial charge in [0.1, 0.15) is 11.5 Å². The second-order valence-corrected chi connectivity index (χ2v) is 8.98. The van der Waals surface area contributed by atoms with Crippen molar-refractivity contribution in [2.45, 2.75) is 32.6 Å². The number of anilines is 1. The van der Waals surface area contributed by atoms with Crippen LogP contribution in [0.25, 0.3) is 0 Å². The fraction of sp³-hybridized carbons (Fsp3) is 0.259. The second-order valence-electron chi connectivity index (χ2n) is 7.72. The van der Waals surface area contributed by atoms with Gasteiger partial charge in [0.2, 0.25) is 0 Å². The van der Waals surface area contributed by atoms with Gasteiger partial charge in [0.05, 0.1) is 17.7 Å². The maximum atomic E-state index is 12.6. The molecule has 0 unspecified atom stereocenters. The third kappa shape index (κ3) is 8.47. The standard InChI is InChI=1S/C27H29BrN2O3S/c1-2-3-16-33-25-15-14-21(18-24(25)28)26(31)30-27(34)29-22-12-7-13-23(19-22)32-17-8-11-20-9-5-4-6-10-20/h4-7,9-10,12-15,18-19H,2-3,8,11,16-17H2,1H3,(H2,29,30,31,34). The average molecular weight is 542 g/mol. The average Bonchev–Trinajstić information content (AvgIpc) is 2.84. The summed E-state index contributed by atoms with van der Waals surface area (Å²) in [4.78, 5) is 12.6. The Bertz CT molecular complexity index is 1090. The summed E-state index contributed by atoms with van der Waals surface area (Å²) in [5, 5.41) is 5.97. The van der Waals surface area contributed by atoms with Gasteiger partial charge in [0, 0.05) is 17.3 Å². The number of carbonyl (C=O) groups is 1. The van der Waals surface area contributed by atoms with Gasteiger partial charge < -0.3 is 14.8 Å². The number of hydrogen-bond acceptors (Lipinski definition) is 4. The summed E-state index contributed by atoms with van der Waals surface area (Å²) in [5.41, 5.74) is 2.52. The lowest BCUT2D eigenvalue weighted by atomic mass is 10.1. The Morgan fingerprint density at radius 3 is 2.50 bits per heavy atom. The van der Waals surface area contributed by atoms with Crippen LogP contribution in [0.4, 0.5) is 5.69 Å². The first-order chi connectivity index (χ1) is 16.5. The highest BCUT2D eigenvalue weighted by atomic mass is 79.9. The predicted molar refractivity (Wildman–Crippen MR) is 145 cm³/mol. The molecule has 1 amide bonds. The number of ether oxygens (including phenoxy) is 2. The van der Waals surface area contributed by atoms with Crippen molar-refractivity contribution in [1.82, 2.24) is 5.32 Å².